The summed E-state index contributed by atoms with van der Waals surface area (Å²) >= 11 is 0. The summed E-state index contributed by atoms with van der Waals surface area (Å²) in [4.78, 5) is 16.4. The van der Waals surface area contributed by atoms with Crippen LogP contribution in [0.3, 0.4) is 0 Å². The van der Waals surface area contributed by atoms with E-state index in [1.807, 2.05) is 91.1 Å². The van der Waals surface area contributed by atoms with Gasteiger partial charge in [0.1, 0.15) is 12.4 Å². The molecule has 0 radical (unpaired) electrons. The third-order valence-corrected chi connectivity index (χ3v) is 4.76. The van der Waals surface area contributed by atoms with Gasteiger partial charge in [-0.25, -0.2) is 4.79 Å². The number of rotatable bonds is 6. The van der Waals surface area contributed by atoms with Crippen LogP contribution in [0.4, 0.5) is 0 Å². The topological polar surface area (TPSA) is 51.3 Å². The summed E-state index contributed by atoms with van der Waals surface area (Å²) in [6, 6.07) is 27.1. The van der Waals surface area contributed by atoms with Crippen LogP contribution in [0.5, 0.6) is 5.75 Å². The van der Waals surface area contributed by atoms with Crippen LogP contribution in [0.15, 0.2) is 91.1 Å². The van der Waals surface area contributed by atoms with Gasteiger partial charge in [-0.3, -0.25) is 0 Å². The second kappa shape index (κ2) is 8.48. The van der Waals surface area contributed by atoms with Crippen molar-refractivity contribution in [3.8, 4) is 28.1 Å². The maximum Gasteiger partial charge on any atom is 0.341 e. The first-order chi connectivity index (χ1) is 14.3. The van der Waals surface area contributed by atoms with Crippen LogP contribution >= 0.6 is 0 Å². The molecule has 0 saturated heterocycles. The zero-order valence-electron chi connectivity index (χ0n) is 16.1. The van der Waals surface area contributed by atoms with E-state index in [1.54, 1.807) is 7.11 Å². The highest BCUT2D eigenvalue weighted by molar-refractivity contribution is 6.03. The Morgan fingerprint density at radius 3 is 2.14 bits per heavy atom. The average molecular weight is 383 g/mol. The summed E-state index contributed by atoms with van der Waals surface area (Å²) < 4.78 is 10.9. The molecule has 0 saturated carbocycles. The molecule has 0 aliphatic rings. The zero-order valence-corrected chi connectivity index (χ0v) is 16.1. The van der Waals surface area contributed by atoms with E-state index < -0.39 is 0 Å². The third kappa shape index (κ3) is 4.06. The molecule has 0 bridgehead atoms. The predicted molar refractivity (Wildman–Crippen MR) is 114 cm³/mol. The molecule has 4 rings (SSSR count). The van der Waals surface area contributed by atoms with E-state index in [1.165, 1.54) is 0 Å². The minimum Gasteiger partial charge on any atom is -0.497 e. The molecule has 1 heterocycles. The van der Waals surface area contributed by atoms with Crippen LogP contribution in [0.1, 0.15) is 15.9 Å². The number of ether oxygens (including phenoxy) is 2. The van der Waals surface area contributed by atoms with E-state index >= 15 is 0 Å². The molecule has 144 valence electrons. The first kappa shape index (κ1) is 18.6. The van der Waals surface area contributed by atoms with Gasteiger partial charge in [-0.15, -0.1) is 0 Å². The van der Waals surface area contributed by atoms with E-state index in [4.69, 9.17) is 9.47 Å². The largest absolute Gasteiger partial charge is 0.497 e. The number of benzene rings is 3. The lowest BCUT2D eigenvalue weighted by Crippen LogP contribution is -2.07. The number of hydrogen-bond acceptors (Lipinski definition) is 3. The fraction of sp³-hybridized carbons (Fsp3) is 0.0800. The molecule has 0 aliphatic carbocycles. The molecule has 1 aromatic heterocycles. The van der Waals surface area contributed by atoms with Crippen LogP contribution < -0.4 is 4.74 Å². The van der Waals surface area contributed by atoms with Crippen molar-refractivity contribution in [1.29, 1.82) is 0 Å². The quantitative estimate of drug-likeness (QED) is 0.434. The van der Waals surface area contributed by atoms with Crippen molar-refractivity contribution in [2.45, 2.75) is 6.61 Å². The Morgan fingerprint density at radius 1 is 0.828 bits per heavy atom. The number of H-pyrrole nitrogens is 1. The maximum atomic E-state index is 13.1. The smallest absolute Gasteiger partial charge is 0.341 e. The molecule has 3 aromatic carbocycles. The molecule has 4 nitrogen and oxygen atoms in total. The van der Waals surface area contributed by atoms with Crippen molar-refractivity contribution in [2.75, 3.05) is 7.11 Å². The Labute approximate surface area is 169 Å². The molecule has 4 aromatic rings. The molecular formula is C25H21NO3. The zero-order chi connectivity index (χ0) is 20.1. The van der Waals surface area contributed by atoms with E-state index in [9.17, 15) is 4.79 Å². The molecule has 0 atom stereocenters. The van der Waals surface area contributed by atoms with Crippen LogP contribution in [-0.4, -0.2) is 18.1 Å². The number of esters is 1. The minimum atomic E-state index is -0.361. The second-order valence-electron chi connectivity index (χ2n) is 6.61. The third-order valence-electron chi connectivity index (χ3n) is 4.76. The standard InChI is InChI=1S/C25H21NO3/c1-28-21-14-12-20(13-15-21)24-23(22(16-26-24)19-10-6-3-7-11-19)25(27)29-17-18-8-4-2-5-9-18/h2-16,26H,17H2,1H3. The summed E-state index contributed by atoms with van der Waals surface area (Å²) in [6.07, 6.45) is 1.86. The molecule has 0 fully saturated rings. The monoisotopic (exact) mass is 383 g/mol. The highest BCUT2D eigenvalue weighted by atomic mass is 16.5. The van der Waals surface area contributed by atoms with Crippen molar-refractivity contribution in [3.63, 3.8) is 0 Å². The molecule has 29 heavy (non-hydrogen) atoms. The number of aromatic amines is 1. The van der Waals surface area contributed by atoms with E-state index in [0.29, 0.717) is 5.56 Å². The van der Waals surface area contributed by atoms with Gasteiger partial charge in [0, 0.05) is 11.8 Å². The molecule has 1 N–H and O–H groups in total. The first-order valence-corrected chi connectivity index (χ1v) is 9.38. The van der Waals surface area contributed by atoms with E-state index in [0.717, 1.165) is 33.7 Å². The van der Waals surface area contributed by atoms with Gasteiger partial charge in [0.25, 0.3) is 0 Å². The van der Waals surface area contributed by atoms with Gasteiger partial charge < -0.3 is 14.5 Å². The van der Waals surface area contributed by atoms with Gasteiger partial charge in [-0.1, -0.05) is 60.7 Å². The number of aromatic nitrogens is 1. The van der Waals surface area contributed by atoms with Gasteiger partial charge in [0.2, 0.25) is 0 Å². The Morgan fingerprint density at radius 2 is 1.48 bits per heavy atom. The number of carbonyl (C=O) groups excluding carboxylic acids is 1. The SMILES string of the molecule is COc1ccc(-c2[nH]cc(-c3ccccc3)c2C(=O)OCc2ccccc2)cc1. The fourth-order valence-electron chi connectivity index (χ4n) is 3.26. The van der Waals surface area contributed by atoms with Crippen molar-refractivity contribution in [1.82, 2.24) is 4.98 Å². The highest BCUT2D eigenvalue weighted by Gasteiger charge is 2.22. The second-order valence-corrected chi connectivity index (χ2v) is 6.61. The Hall–Kier alpha value is -3.79. The van der Waals surface area contributed by atoms with Crippen molar-refractivity contribution < 1.29 is 14.3 Å². The summed E-state index contributed by atoms with van der Waals surface area (Å²) in [6.45, 7) is 0.223. The van der Waals surface area contributed by atoms with Crippen LogP contribution in [0.25, 0.3) is 22.4 Å². The molecule has 4 heteroatoms. The van der Waals surface area contributed by atoms with Crippen molar-refractivity contribution >= 4 is 5.97 Å². The number of nitrogens with one attached hydrogen (secondary N) is 1. The minimum absolute atomic E-state index is 0.223. The lowest BCUT2D eigenvalue weighted by molar-refractivity contribution is 0.0475. The fourth-order valence-corrected chi connectivity index (χ4v) is 3.26. The Kier molecular flexibility index (Phi) is 5.43. The first-order valence-electron chi connectivity index (χ1n) is 9.38. The van der Waals surface area contributed by atoms with Gasteiger partial charge in [0.15, 0.2) is 0 Å². The highest BCUT2D eigenvalue weighted by Crippen LogP contribution is 2.33. The van der Waals surface area contributed by atoms with Gasteiger partial charge >= 0.3 is 5.97 Å². The molecular weight excluding hydrogens is 362 g/mol. The molecule has 0 aliphatic heterocycles. The van der Waals surface area contributed by atoms with Crippen molar-refractivity contribution in [2.24, 2.45) is 0 Å². The summed E-state index contributed by atoms with van der Waals surface area (Å²) in [7, 11) is 1.63. The Bertz CT molecular complexity index is 1080. The number of methoxy groups -OCH3 is 1. The maximum absolute atomic E-state index is 13.1. The average Bonchev–Trinajstić information content (AvgIpc) is 3.24. The van der Waals surface area contributed by atoms with Crippen molar-refractivity contribution in [3.05, 3.63) is 102 Å². The molecule has 0 unspecified atom stereocenters. The van der Waals surface area contributed by atoms with Crippen LogP contribution in [-0.2, 0) is 11.3 Å². The lowest BCUT2D eigenvalue weighted by Gasteiger charge is -2.10. The van der Waals surface area contributed by atoms with Gasteiger partial charge in [-0.05, 0) is 41.0 Å². The summed E-state index contributed by atoms with van der Waals surface area (Å²) in [5.74, 6) is 0.400. The molecule has 0 spiro atoms. The number of carbonyl (C=O) groups is 1. The van der Waals surface area contributed by atoms with Crippen LogP contribution in [0.2, 0.25) is 0 Å². The van der Waals surface area contributed by atoms with E-state index in [2.05, 4.69) is 4.98 Å². The summed E-state index contributed by atoms with van der Waals surface area (Å²) in [5, 5.41) is 0. The molecule has 0 amide bonds. The van der Waals surface area contributed by atoms with Gasteiger partial charge in [0.05, 0.1) is 18.4 Å². The Balaban J connectivity index is 1.71. The predicted octanol–water partition coefficient (Wildman–Crippen LogP) is 5.71. The lowest BCUT2D eigenvalue weighted by atomic mass is 10.00. The number of hydrogen-bond donors (Lipinski definition) is 1. The van der Waals surface area contributed by atoms with Crippen LogP contribution in [0, 0.1) is 0 Å². The normalized spacial score (nSPS) is 10.5. The van der Waals surface area contributed by atoms with Gasteiger partial charge in [-0.2, -0.15) is 0 Å². The van der Waals surface area contributed by atoms with E-state index in [-0.39, 0.29) is 12.6 Å². The summed E-state index contributed by atoms with van der Waals surface area (Å²) in [5.41, 5.74) is 4.86.